The third kappa shape index (κ3) is 5.97. The maximum atomic E-state index is 5.31. The van der Waals surface area contributed by atoms with Crippen LogP contribution in [0.15, 0.2) is 65.1 Å². The van der Waals surface area contributed by atoms with Crippen molar-refractivity contribution < 1.29 is 17.1 Å². The van der Waals surface area contributed by atoms with Crippen LogP contribution in [-0.4, -0.2) is 0 Å². The second kappa shape index (κ2) is 7.60. The fraction of sp³-hybridized carbons (Fsp3) is 0.267. The molecule has 2 rings (SSSR count). The Morgan fingerprint density at radius 3 is 1.82 bits per heavy atom. The average Bonchev–Trinajstić information content (AvgIpc) is 2.91. The molecule has 1 aromatic rings. The van der Waals surface area contributed by atoms with Gasteiger partial charge in [0.05, 0.1) is 0 Å². The van der Waals surface area contributed by atoms with Crippen LogP contribution < -0.4 is 0 Å². The molecule has 0 unspecified atom stereocenters. The van der Waals surface area contributed by atoms with E-state index in [1.54, 1.807) is 0 Å². The molecule has 0 N–H and O–H groups in total. The van der Waals surface area contributed by atoms with E-state index in [2.05, 4.69) is 32.9 Å². The molecule has 0 saturated carbocycles. The van der Waals surface area contributed by atoms with Crippen LogP contribution in [0, 0.1) is 5.41 Å². The van der Waals surface area contributed by atoms with Gasteiger partial charge in [0, 0.05) is 0 Å². The Kier molecular flexibility index (Phi) is 7.29. The minimum Gasteiger partial charge on any atom is -0.783 e. The Morgan fingerprint density at radius 2 is 1.53 bits per heavy atom. The molecule has 0 radical (unpaired) electrons. The Hall–Kier alpha value is -0.691. The van der Waals surface area contributed by atoms with E-state index in [0.717, 1.165) is 4.91 Å². The van der Waals surface area contributed by atoms with Gasteiger partial charge in [-0.05, 0) is 11.0 Å². The molecule has 2 heteroatoms. The third-order valence-corrected chi connectivity index (χ3v) is 3.01. The molecule has 0 fully saturated rings. The monoisotopic (exact) mass is 286 g/mol. The van der Waals surface area contributed by atoms with Crippen LogP contribution in [0.1, 0.15) is 20.8 Å². The molecule has 1 aliphatic rings. The van der Waals surface area contributed by atoms with Crippen LogP contribution in [0.3, 0.4) is 0 Å². The van der Waals surface area contributed by atoms with Gasteiger partial charge in [-0.15, -0.1) is 0 Å². The molecule has 0 heterocycles. The van der Waals surface area contributed by atoms with E-state index in [1.807, 2.05) is 42.5 Å². The quantitative estimate of drug-likeness (QED) is 0.388. The first-order chi connectivity index (χ1) is 7.52. The number of allylic oxidation sites excluding steroid dienone is 6. The van der Waals surface area contributed by atoms with Gasteiger partial charge in [-0.25, -0.2) is 12.1 Å². The molecule has 1 aliphatic carbocycles. The molecule has 0 bridgehead atoms. The van der Waals surface area contributed by atoms with Crippen LogP contribution in [0.5, 0.6) is 0 Å². The Bertz CT molecular complexity index is 358. The van der Waals surface area contributed by atoms with Gasteiger partial charge in [-0.1, -0.05) is 45.1 Å². The van der Waals surface area contributed by atoms with E-state index in [4.69, 9.17) is 12.6 Å². The van der Waals surface area contributed by atoms with Crippen molar-refractivity contribution in [1.29, 1.82) is 0 Å². The molecule has 0 nitrogen and oxygen atoms in total. The first-order valence-corrected chi connectivity index (χ1v) is 5.86. The summed E-state index contributed by atoms with van der Waals surface area (Å²) in [6, 6.07) is 10.0. The van der Waals surface area contributed by atoms with Gasteiger partial charge in [0.2, 0.25) is 0 Å². The Morgan fingerprint density at radius 1 is 1.06 bits per heavy atom. The van der Waals surface area contributed by atoms with Crippen LogP contribution in [0.25, 0.3) is 0 Å². The van der Waals surface area contributed by atoms with E-state index < -0.39 is 0 Å². The summed E-state index contributed by atoms with van der Waals surface area (Å²) in [5.74, 6) is 0. The largest absolute Gasteiger partial charge is 2.00 e. The molecule has 0 spiro atoms. The van der Waals surface area contributed by atoms with Crippen molar-refractivity contribution >= 4 is 12.6 Å². The molecule has 1 aromatic carbocycles. The third-order valence-electron chi connectivity index (χ3n) is 2.16. The van der Waals surface area contributed by atoms with Crippen molar-refractivity contribution in [3.8, 4) is 0 Å². The van der Waals surface area contributed by atoms with Gasteiger partial charge >= 0.3 is 17.1 Å². The van der Waals surface area contributed by atoms with Crippen LogP contribution >= 0.6 is 0 Å². The second-order valence-corrected chi connectivity index (χ2v) is 5.12. The number of hydrogen-bond donors (Lipinski definition) is 0. The zero-order valence-corrected chi connectivity index (χ0v) is 12.4. The molecular formula is C15H18FeS. The smallest absolute Gasteiger partial charge is 0.783 e. The first-order valence-electron chi connectivity index (χ1n) is 5.45. The van der Waals surface area contributed by atoms with Crippen molar-refractivity contribution in [3.63, 3.8) is 0 Å². The van der Waals surface area contributed by atoms with Crippen LogP contribution in [0.4, 0.5) is 0 Å². The van der Waals surface area contributed by atoms with Crippen molar-refractivity contribution in [2.24, 2.45) is 5.41 Å². The van der Waals surface area contributed by atoms with E-state index in [1.165, 1.54) is 5.57 Å². The molecule has 17 heavy (non-hydrogen) atoms. The van der Waals surface area contributed by atoms with Crippen LogP contribution in [-0.2, 0) is 29.7 Å². The van der Waals surface area contributed by atoms with Gasteiger partial charge in [0.15, 0.2) is 0 Å². The number of rotatable bonds is 0. The Balaban J connectivity index is 0.000000360. The maximum absolute atomic E-state index is 5.31. The Labute approximate surface area is 121 Å². The summed E-state index contributed by atoms with van der Waals surface area (Å²) in [6.07, 6.45) is 8.17. The molecule has 0 atom stereocenters. The summed E-state index contributed by atoms with van der Waals surface area (Å²) in [6.45, 7) is 6.42. The predicted molar refractivity (Wildman–Crippen MR) is 74.2 cm³/mol. The average molecular weight is 286 g/mol. The summed E-state index contributed by atoms with van der Waals surface area (Å²) in [4.78, 5) is 1.04. The van der Waals surface area contributed by atoms with Crippen molar-refractivity contribution in [2.75, 3.05) is 0 Å². The minimum absolute atomic E-state index is 0. The molecule has 0 aliphatic heterocycles. The summed E-state index contributed by atoms with van der Waals surface area (Å²) in [7, 11) is 0. The molecule has 0 aromatic heterocycles. The van der Waals surface area contributed by atoms with Crippen LogP contribution in [0.2, 0.25) is 0 Å². The molecular weight excluding hydrogens is 268 g/mol. The summed E-state index contributed by atoms with van der Waals surface area (Å²) in [5.41, 5.74) is 1.30. The summed E-state index contributed by atoms with van der Waals surface area (Å²) < 4.78 is 0. The van der Waals surface area contributed by atoms with E-state index >= 15 is 0 Å². The fourth-order valence-corrected chi connectivity index (χ4v) is 1.42. The van der Waals surface area contributed by atoms with Gasteiger partial charge < -0.3 is 12.6 Å². The second-order valence-electron chi connectivity index (χ2n) is 4.71. The van der Waals surface area contributed by atoms with Crippen molar-refractivity contribution in [3.05, 3.63) is 65.1 Å². The van der Waals surface area contributed by atoms with Gasteiger partial charge in [-0.3, -0.25) is 0 Å². The topological polar surface area (TPSA) is 0 Å². The van der Waals surface area contributed by atoms with Crippen molar-refractivity contribution in [1.82, 2.24) is 0 Å². The zero-order chi connectivity index (χ0) is 12.0. The minimum atomic E-state index is 0. The maximum Gasteiger partial charge on any atom is 2.00 e. The van der Waals surface area contributed by atoms with E-state index in [0.29, 0.717) is 0 Å². The van der Waals surface area contributed by atoms with Gasteiger partial charge in [0.25, 0.3) is 0 Å². The number of hydrogen-bond acceptors (Lipinski definition) is 1. The van der Waals surface area contributed by atoms with Gasteiger partial charge in [-0.2, -0.15) is 23.1 Å². The standard InChI is InChI=1S/C10H14S.C5H5.Fe/c1-10(2,3)9(11)8-6-4-5-7-8;1-2-4-5-3-1;/h4-7,11H,1-3H3;1-5H;/q;-1;+2/p-1. The molecule has 92 valence electrons. The van der Waals surface area contributed by atoms with E-state index in [-0.39, 0.29) is 22.5 Å². The molecule has 0 saturated heterocycles. The SMILES string of the molecule is CC(C)(C)C([S-])=C1C=CC=C1.[Fe+2].c1cc[cH-]c1. The predicted octanol–water partition coefficient (Wildman–Crippen LogP) is 4.36. The zero-order valence-electron chi connectivity index (χ0n) is 10.5. The normalized spacial score (nSPS) is 12.8. The first kappa shape index (κ1) is 16.3. The van der Waals surface area contributed by atoms with Gasteiger partial charge in [0.1, 0.15) is 0 Å². The summed E-state index contributed by atoms with van der Waals surface area (Å²) in [5, 5.41) is 0. The summed E-state index contributed by atoms with van der Waals surface area (Å²) >= 11 is 5.31. The molecule has 0 amide bonds. The van der Waals surface area contributed by atoms with E-state index in [9.17, 15) is 0 Å². The fourth-order valence-electron chi connectivity index (χ4n) is 1.28. The van der Waals surface area contributed by atoms with Crippen molar-refractivity contribution in [2.45, 2.75) is 20.8 Å².